The number of carbonyl (C=O) groups excluding carboxylic acids is 2. The standard InChI is InChI=1S/C23H22N4O4S/c1-25-18-9-5-6-10-20(18)32(30,31)15-19(22(25)28)27-12-11-17-14-26(24-21(17)23(27)29)13-16-7-3-2-4-8-16/h2-10,14,19H,11-13,15H2,1H3/t19-/m0/s1. The summed E-state index contributed by atoms with van der Waals surface area (Å²) in [7, 11) is -2.22. The molecule has 2 amide bonds. The maximum Gasteiger partial charge on any atom is 0.275 e. The summed E-state index contributed by atoms with van der Waals surface area (Å²) in [6, 6.07) is 15.1. The zero-order chi connectivity index (χ0) is 22.5. The van der Waals surface area contributed by atoms with Crippen LogP contribution in [0, 0.1) is 0 Å². The Morgan fingerprint density at radius 2 is 1.75 bits per heavy atom. The van der Waals surface area contributed by atoms with E-state index in [-0.39, 0.29) is 17.1 Å². The van der Waals surface area contributed by atoms with Crippen molar-refractivity contribution in [3.05, 3.63) is 77.6 Å². The van der Waals surface area contributed by atoms with Crippen LogP contribution in [-0.2, 0) is 27.6 Å². The SMILES string of the molecule is CN1C(=O)[C@@H](N2CCc3cn(Cc4ccccc4)nc3C2=O)CS(=O)(=O)c2ccccc21. The van der Waals surface area contributed by atoms with Crippen LogP contribution in [0.2, 0.25) is 0 Å². The highest BCUT2D eigenvalue weighted by molar-refractivity contribution is 7.91. The second-order valence-electron chi connectivity index (χ2n) is 8.10. The van der Waals surface area contributed by atoms with E-state index in [1.165, 1.54) is 15.9 Å². The van der Waals surface area contributed by atoms with Gasteiger partial charge in [-0.05, 0) is 24.1 Å². The predicted molar refractivity (Wildman–Crippen MR) is 118 cm³/mol. The molecular formula is C23H22N4O4S. The number of sulfone groups is 1. The van der Waals surface area contributed by atoms with E-state index in [0.717, 1.165) is 11.1 Å². The van der Waals surface area contributed by atoms with Gasteiger partial charge in [0.1, 0.15) is 6.04 Å². The van der Waals surface area contributed by atoms with Gasteiger partial charge >= 0.3 is 0 Å². The van der Waals surface area contributed by atoms with Gasteiger partial charge < -0.3 is 9.80 Å². The third kappa shape index (κ3) is 3.38. The Kier molecular flexibility index (Phi) is 4.85. The third-order valence-electron chi connectivity index (χ3n) is 6.04. The van der Waals surface area contributed by atoms with Crippen LogP contribution in [0.1, 0.15) is 21.6 Å². The molecule has 2 aromatic carbocycles. The molecule has 1 atom stereocenters. The molecule has 32 heavy (non-hydrogen) atoms. The van der Waals surface area contributed by atoms with Gasteiger partial charge in [0.05, 0.1) is 22.9 Å². The number of rotatable bonds is 3. The zero-order valence-corrected chi connectivity index (χ0v) is 18.3. The second kappa shape index (κ2) is 7.59. The van der Waals surface area contributed by atoms with Gasteiger partial charge in [-0.1, -0.05) is 42.5 Å². The Bertz CT molecular complexity index is 1320. The first-order valence-corrected chi connectivity index (χ1v) is 12.0. The number of nitrogens with zero attached hydrogens (tertiary/aromatic N) is 4. The van der Waals surface area contributed by atoms with Gasteiger partial charge in [-0.2, -0.15) is 5.10 Å². The molecule has 3 heterocycles. The van der Waals surface area contributed by atoms with Crippen LogP contribution in [0.5, 0.6) is 0 Å². The molecule has 9 heteroatoms. The van der Waals surface area contributed by atoms with Crippen LogP contribution in [-0.4, -0.2) is 60.3 Å². The number of carbonyl (C=O) groups is 2. The lowest BCUT2D eigenvalue weighted by Crippen LogP contribution is -2.54. The first-order chi connectivity index (χ1) is 15.3. The minimum atomic E-state index is -3.76. The third-order valence-corrected chi connectivity index (χ3v) is 7.81. The average Bonchev–Trinajstić information content (AvgIpc) is 3.18. The van der Waals surface area contributed by atoms with Crippen molar-refractivity contribution in [1.82, 2.24) is 14.7 Å². The van der Waals surface area contributed by atoms with Crippen LogP contribution < -0.4 is 4.90 Å². The topological polar surface area (TPSA) is 92.6 Å². The molecule has 0 unspecified atom stereocenters. The summed E-state index contributed by atoms with van der Waals surface area (Å²) in [6.45, 7) is 0.787. The molecular weight excluding hydrogens is 428 g/mol. The first kappa shape index (κ1) is 20.4. The van der Waals surface area contributed by atoms with Gasteiger partial charge in [-0.3, -0.25) is 14.3 Å². The van der Waals surface area contributed by atoms with Crippen molar-refractivity contribution in [2.45, 2.75) is 23.9 Å². The molecule has 0 saturated carbocycles. The lowest BCUT2D eigenvalue weighted by Gasteiger charge is -2.33. The van der Waals surface area contributed by atoms with Crippen LogP contribution in [0.25, 0.3) is 0 Å². The van der Waals surface area contributed by atoms with Crippen molar-refractivity contribution < 1.29 is 18.0 Å². The molecule has 0 N–H and O–H groups in total. The van der Waals surface area contributed by atoms with E-state index in [9.17, 15) is 18.0 Å². The molecule has 8 nitrogen and oxygen atoms in total. The number of para-hydroxylation sites is 1. The highest BCUT2D eigenvalue weighted by atomic mass is 32.2. The lowest BCUT2D eigenvalue weighted by molar-refractivity contribution is -0.122. The van der Waals surface area contributed by atoms with Gasteiger partial charge in [-0.25, -0.2) is 8.42 Å². The van der Waals surface area contributed by atoms with E-state index in [1.54, 1.807) is 29.9 Å². The van der Waals surface area contributed by atoms with Crippen LogP contribution in [0.4, 0.5) is 5.69 Å². The van der Waals surface area contributed by atoms with E-state index in [0.29, 0.717) is 18.7 Å². The summed E-state index contributed by atoms with van der Waals surface area (Å²) in [6.07, 6.45) is 2.36. The van der Waals surface area contributed by atoms with Crippen molar-refractivity contribution in [2.75, 3.05) is 24.2 Å². The van der Waals surface area contributed by atoms with Crippen molar-refractivity contribution in [1.29, 1.82) is 0 Å². The summed E-state index contributed by atoms with van der Waals surface area (Å²) in [5, 5.41) is 4.47. The smallest absolute Gasteiger partial charge is 0.275 e. The molecule has 3 aromatic rings. The van der Waals surface area contributed by atoms with Gasteiger partial charge in [0.2, 0.25) is 0 Å². The number of amides is 2. The number of hydrogen-bond acceptors (Lipinski definition) is 5. The van der Waals surface area contributed by atoms with Crippen molar-refractivity contribution in [2.24, 2.45) is 0 Å². The Morgan fingerprint density at radius 1 is 1.03 bits per heavy atom. The monoisotopic (exact) mass is 450 g/mol. The van der Waals surface area contributed by atoms with E-state index >= 15 is 0 Å². The zero-order valence-electron chi connectivity index (χ0n) is 17.5. The summed E-state index contributed by atoms with van der Waals surface area (Å²) < 4.78 is 27.8. The number of anilines is 1. The molecule has 0 aliphatic carbocycles. The molecule has 2 aliphatic heterocycles. The van der Waals surface area contributed by atoms with E-state index < -0.39 is 33.4 Å². The number of benzene rings is 2. The average molecular weight is 451 g/mol. The number of likely N-dealkylation sites (N-methyl/N-ethyl adjacent to an activating group) is 1. The quantitative estimate of drug-likeness (QED) is 0.606. The lowest BCUT2D eigenvalue weighted by atomic mass is 10.0. The molecule has 0 saturated heterocycles. The van der Waals surface area contributed by atoms with E-state index in [2.05, 4.69) is 5.10 Å². The van der Waals surface area contributed by atoms with Crippen molar-refractivity contribution in [3.63, 3.8) is 0 Å². The Labute approximate surface area is 186 Å². The second-order valence-corrected chi connectivity index (χ2v) is 10.1. The molecule has 5 rings (SSSR count). The fourth-order valence-electron chi connectivity index (χ4n) is 4.38. The molecule has 0 spiro atoms. The Hall–Kier alpha value is -3.46. The number of hydrogen-bond donors (Lipinski definition) is 0. The molecule has 0 fully saturated rings. The number of fused-ring (bicyclic) bond motifs is 2. The minimum Gasteiger partial charge on any atom is -0.324 e. The predicted octanol–water partition coefficient (Wildman–Crippen LogP) is 1.75. The van der Waals surface area contributed by atoms with Gasteiger partial charge in [-0.15, -0.1) is 0 Å². The van der Waals surface area contributed by atoms with Gasteiger partial charge in [0.25, 0.3) is 11.8 Å². The van der Waals surface area contributed by atoms with Crippen LogP contribution in [0.15, 0.2) is 65.7 Å². The van der Waals surface area contributed by atoms with E-state index in [1.807, 2.05) is 36.5 Å². The fourth-order valence-corrected chi connectivity index (χ4v) is 6.11. The van der Waals surface area contributed by atoms with Gasteiger partial charge in [0.15, 0.2) is 15.5 Å². The fraction of sp³-hybridized carbons (Fsp3) is 0.261. The normalized spacial score (nSPS) is 20.0. The summed E-state index contributed by atoms with van der Waals surface area (Å²) in [4.78, 5) is 29.4. The summed E-state index contributed by atoms with van der Waals surface area (Å²) >= 11 is 0. The van der Waals surface area contributed by atoms with Crippen LogP contribution >= 0.6 is 0 Å². The van der Waals surface area contributed by atoms with E-state index in [4.69, 9.17) is 0 Å². The maximum absolute atomic E-state index is 13.3. The molecule has 164 valence electrons. The first-order valence-electron chi connectivity index (χ1n) is 10.4. The Morgan fingerprint density at radius 3 is 2.53 bits per heavy atom. The minimum absolute atomic E-state index is 0.107. The maximum atomic E-state index is 13.3. The molecule has 2 aliphatic rings. The Balaban J connectivity index is 1.46. The van der Waals surface area contributed by atoms with Crippen molar-refractivity contribution >= 4 is 27.3 Å². The molecule has 0 radical (unpaired) electrons. The van der Waals surface area contributed by atoms with Crippen LogP contribution in [0.3, 0.4) is 0 Å². The molecule has 0 bridgehead atoms. The highest BCUT2D eigenvalue weighted by Gasteiger charge is 2.43. The van der Waals surface area contributed by atoms with Gasteiger partial charge in [0, 0.05) is 25.4 Å². The molecule has 1 aromatic heterocycles. The summed E-state index contributed by atoms with van der Waals surface area (Å²) in [5.74, 6) is -1.27. The number of aromatic nitrogens is 2. The van der Waals surface area contributed by atoms with Crippen molar-refractivity contribution in [3.8, 4) is 0 Å². The largest absolute Gasteiger partial charge is 0.324 e. The summed E-state index contributed by atoms with van der Waals surface area (Å²) in [5.41, 5.74) is 2.47. The highest BCUT2D eigenvalue weighted by Crippen LogP contribution is 2.32.